The van der Waals surface area contributed by atoms with Crippen molar-refractivity contribution in [3.05, 3.63) is 5.82 Å². The summed E-state index contributed by atoms with van der Waals surface area (Å²) in [6, 6.07) is 0. The fourth-order valence-corrected chi connectivity index (χ4v) is 2.52. The summed E-state index contributed by atoms with van der Waals surface area (Å²) < 4.78 is 30.2. The number of hydrogen-bond donors (Lipinski definition) is 0. The van der Waals surface area contributed by atoms with Crippen LogP contribution in [0, 0.1) is 0 Å². The Bertz CT molecular complexity index is 444. The molecule has 0 radical (unpaired) electrons. The Labute approximate surface area is 107 Å². The van der Waals surface area contributed by atoms with E-state index in [4.69, 9.17) is 4.74 Å². The number of rotatable bonds is 9. The number of sulfone groups is 1. The van der Waals surface area contributed by atoms with Crippen LogP contribution in [0.25, 0.3) is 0 Å². The van der Waals surface area contributed by atoms with E-state index in [1.165, 1.54) is 0 Å². The van der Waals surface area contributed by atoms with Gasteiger partial charge in [-0.05, 0) is 23.8 Å². The summed E-state index contributed by atoms with van der Waals surface area (Å²) in [6.45, 7) is 5.28. The maximum Gasteiger partial charge on any atom is 0.166 e. The van der Waals surface area contributed by atoms with E-state index >= 15 is 0 Å². The van der Waals surface area contributed by atoms with E-state index in [-0.39, 0.29) is 18.1 Å². The molecule has 1 aromatic heterocycles. The standard InChI is InChI=1S/C10H20N4O3S/c1-3-5-6-14-10(11-12-13-14)9-18(15,16)8-7-17-4-2/h3-9H2,1-2H3. The lowest BCUT2D eigenvalue weighted by Crippen LogP contribution is -2.17. The molecule has 0 saturated carbocycles. The molecule has 0 unspecified atom stereocenters. The number of aromatic nitrogens is 4. The van der Waals surface area contributed by atoms with Gasteiger partial charge in [-0.3, -0.25) is 0 Å². The number of ether oxygens (including phenoxy) is 1. The summed E-state index contributed by atoms with van der Waals surface area (Å²) in [6.07, 6.45) is 1.94. The molecule has 7 nitrogen and oxygen atoms in total. The minimum absolute atomic E-state index is 0.00147. The first-order valence-corrected chi connectivity index (χ1v) is 7.94. The quantitative estimate of drug-likeness (QED) is 0.608. The van der Waals surface area contributed by atoms with Crippen molar-refractivity contribution in [2.45, 2.75) is 39.0 Å². The third-order valence-electron chi connectivity index (χ3n) is 2.42. The summed E-state index contributed by atoms with van der Waals surface area (Å²) in [7, 11) is -3.21. The first-order chi connectivity index (χ1) is 8.59. The Hall–Kier alpha value is -1.02. The highest BCUT2D eigenvalue weighted by Gasteiger charge is 2.17. The Balaban J connectivity index is 2.57. The smallest absolute Gasteiger partial charge is 0.166 e. The minimum atomic E-state index is -3.21. The van der Waals surface area contributed by atoms with Crippen LogP contribution in [0.1, 0.15) is 32.5 Å². The van der Waals surface area contributed by atoms with Crippen molar-refractivity contribution in [2.75, 3.05) is 19.0 Å². The molecule has 1 heterocycles. The van der Waals surface area contributed by atoms with Crippen LogP contribution >= 0.6 is 0 Å². The van der Waals surface area contributed by atoms with Gasteiger partial charge in [-0.2, -0.15) is 0 Å². The average Bonchev–Trinajstić information content (AvgIpc) is 2.73. The lowest BCUT2D eigenvalue weighted by atomic mass is 10.3. The van der Waals surface area contributed by atoms with E-state index in [9.17, 15) is 8.42 Å². The second kappa shape index (κ2) is 7.42. The SMILES string of the molecule is CCCCn1nnnc1CS(=O)(=O)CCOCC. The molecule has 0 atom stereocenters. The van der Waals surface area contributed by atoms with Crippen LogP contribution in [0.2, 0.25) is 0 Å². The molecule has 1 aromatic rings. The molecule has 0 spiro atoms. The van der Waals surface area contributed by atoms with Gasteiger partial charge in [-0.25, -0.2) is 13.1 Å². The fraction of sp³-hybridized carbons (Fsp3) is 0.900. The van der Waals surface area contributed by atoms with Crippen molar-refractivity contribution in [3.8, 4) is 0 Å². The van der Waals surface area contributed by atoms with Gasteiger partial charge in [-0.15, -0.1) is 5.10 Å². The summed E-state index contributed by atoms with van der Waals surface area (Å²) in [5.41, 5.74) is 0. The molecule has 0 aliphatic heterocycles. The maximum absolute atomic E-state index is 11.8. The second-order valence-electron chi connectivity index (χ2n) is 3.96. The van der Waals surface area contributed by atoms with E-state index in [0.29, 0.717) is 19.0 Å². The highest BCUT2D eigenvalue weighted by Crippen LogP contribution is 2.04. The highest BCUT2D eigenvalue weighted by atomic mass is 32.2. The highest BCUT2D eigenvalue weighted by molar-refractivity contribution is 7.90. The average molecular weight is 276 g/mol. The third kappa shape index (κ3) is 5.09. The van der Waals surface area contributed by atoms with Crippen molar-refractivity contribution >= 4 is 9.84 Å². The van der Waals surface area contributed by atoms with Crippen molar-refractivity contribution < 1.29 is 13.2 Å². The largest absolute Gasteiger partial charge is 0.381 e. The minimum Gasteiger partial charge on any atom is -0.381 e. The first kappa shape index (κ1) is 15.0. The van der Waals surface area contributed by atoms with Gasteiger partial charge in [0.15, 0.2) is 15.7 Å². The summed E-state index contributed by atoms with van der Waals surface area (Å²) in [5, 5.41) is 11.1. The molecule has 0 saturated heterocycles. The Morgan fingerprint density at radius 2 is 2.11 bits per heavy atom. The molecule has 0 aliphatic carbocycles. The van der Waals surface area contributed by atoms with E-state index in [0.717, 1.165) is 12.8 Å². The number of aryl methyl sites for hydroxylation is 1. The lowest BCUT2D eigenvalue weighted by molar-refractivity contribution is 0.163. The summed E-state index contributed by atoms with van der Waals surface area (Å²) >= 11 is 0. The topological polar surface area (TPSA) is 87.0 Å². The summed E-state index contributed by atoms with van der Waals surface area (Å²) in [4.78, 5) is 0. The summed E-state index contributed by atoms with van der Waals surface area (Å²) in [5.74, 6) is 0.276. The molecule has 0 N–H and O–H groups in total. The van der Waals surface area contributed by atoms with Crippen LogP contribution in [-0.2, 0) is 26.9 Å². The predicted octanol–water partition coefficient (Wildman–Crippen LogP) is 0.425. The van der Waals surface area contributed by atoms with Gasteiger partial charge in [0.1, 0.15) is 5.75 Å². The van der Waals surface area contributed by atoms with Gasteiger partial charge >= 0.3 is 0 Å². The van der Waals surface area contributed by atoms with Gasteiger partial charge in [0, 0.05) is 13.2 Å². The second-order valence-corrected chi connectivity index (χ2v) is 6.14. The van der Waals surface area contributed by atoms with E-state index < -0.39 is 9.84 Å². The van der Waals surface area contributed by atoms with Crippen molar-refractivity contribution in [3.63, 3.8) is 0 Å². The van der Waals surface area contributed by atoms with E-state index in [2.05, 4.69) is 22.4 Å². The van der Waals surface area contributed by atoms with Crippen LogP contribution in [0.4, 0.5) is 0 Å². The zero-order valence-corrected chi connectivity index (χ0v) is 11.7. The number of unbranched alkanes of at least 4 members (excludes halogenated alkanes) is 1. The van der Waals surface area contributed by atoms with Crippen molar-refractivity contribution in [2.24, 2.45) is 0 Å². The van der Waals surface area contributed by atoms with Gasteiger partial charge in [0.25, 0.3) is 0 Å². The van der Waals surface area contributed by atoms with Gasteiger partial charge < -0.3 is 4.74 Å². The third-order valence-corrected chi connectivity index (χ3v) is 3.91. The zero-order valence-electron chi connectivity index (χ0n) is 10.9. The Morgan fingerprint density at radius 1 is 1.33 bits per heavy atom. The Morgan fingerprint density at radius 3 is 2.78 bits per heavy atom. The van der Waals surface area contributed by atoms with Crippen LogP contribution in [-0.4, -0.2) is 47.6 Å². The zero-order chi connectivity index (χ0) is 13.4. The Kier molecular flexibility index (Phi) is 6.20. The fourth-order valence-electron chi connectivity index (χ4n) is 1.41. The number of nitrogens with zero attached hydrogens (tertiary/aromatic N) is 4. The monoisotopic (exact) mass is 276 g/mol. The molecule has 1 rings (SSSR count). The maximum atomic E-state index is 11.8. The van der Waals surface area contributed by atoms with Crippen LogP contribution in [0.3, 0.4) is 0 Å². The predicted molar refractivity (Wildman–Crippen MR) is 66.7 cm³/mol. The van der Waals surface area contributed by atoms with Crippen molar-refractivity contribution in [1.29, 1.82) is 0 Å². The lowest BCUT2D eigenvalue weighted by Gasteiger charge is -2.05. The molecule has 0 amide bonds. The molecule has 0 aromatic carbocycles. The molecule has 0 bridgehead atoms. The van der Waals surface area contributed by atoms with Crippen LogP contribution < -0.4 is 0 Å². The van der Waals surface area contributed by atoms with E-state index in [1.807, 2.05) is 6.92 Å². The van der Waals surface area contributed by atoms with Crippen LogP contribution in [0.5, 0.6) is 0 Å². The molecule has 0 aliphatic rings. The number of tetrazole rings is 1. The van der Waals surface area contributed by atoms with Gasteiger partial charge in [-0.1, -0.05) is 13.3 Å². The van der Waals surface area contributed by atoms with E-state index in [1.54, 1.807) is 4.68 Å². The molecule has 104 valence electrons. The van der Waals surface area contributed by atoms with Gasteiger partial charge in [0.2, 0.25) is 0 Å². The first-order valence-electron chi connectivity index (χ1n) is 6.12. The normalized spacial score (nSPS) is 11.9. The van der Waals surface area contributed by atoms with Gasteiger partial charge in [0.05, 0.1) is 12.4 Å². The molecular formula is C10H20N4O3S. The molecule has 8 heteroatoms. The molecule has 18 heavy (non-hydrogen) atoms. The molecule has 0 fully saturated rings. The molecular weight excluding hydrogens is 256 g/mol. The number of hydrogen-bond acceptors (Lipinski definition) is 6. The van der Waals surface area contributed by atoms with Crippen LogP contribution in [0.15, 0.2) is 0 Å². The van der Waals surface area contributed by atoms with Crippen molar-refractivity contribution in [1.82, 2.24) is 20.2 Å².